The van der Waals surface area contributed by atoms with Crippen molar-refractivity contribution in [3.05, 3.63) is 47.5 Å². The molecule has 0 amide bonds. The number of anilines is 2. The fourth-order valence-corrected chi connectivity index (χ4v) is 3.21. The first-order valence-corrected chi connectivity index (χ1v) is 7.82. The van der Waals surface area contributed by atoms with Crippen molar-refractivity contribution in [1.29, 1.82) is 0 Å². The molecule has 0 radical (unpaired) electrons. The van der Waals surface area contributed by atoms with Gasteiger partial charge in [-0.3, -0.25) is 0 Å². The summed E-state index contributed by atoms with van der Waals surface area (Å²) in [6.45, 7) is 6.55. The maximum absolute atomic E-state index is 2.41. The van der Waals surface area contributed by atoms with Gasteiger partial charge in [0.25, 0.3) is 0 Å². The van der Waals surface area contributed by atoms with Crippen LogP contribution in [0.4, 0.5) is 11.4 Å². The minimum absolute atomic E-state index is 1.06. The molecule has 0 fully saturated rings. The third kappa shape index (κ3) is 2.39. The van der Waals surface area contributed by atoms with Gasteiger partial charge in [0.2, 0.25) is 0 Å². The number of hydrogen-bond donors (Lipinski definition) is 0. The minimum atomic E-state index is 1.06. The Balaban J connectivity index is 2.07. The molecule has 2 aromatic carbocycles. The Morgan fingerprint density at radius 3 is 1.86 bits per heavy atom. The number of rotatable bonds is 4. The van der Waals surface area contributed by atoms with Gasteiger partial charge in [-0.1, -0.05) is 12.1 Å². The van der Waals surface area contributed by atoms with Crippen LogP contribution in [-0.2, 0) is 6.42 Å². The lowest BCUT2D eigenvalue weighted by molar-refractivity contribution is 0.866. The van der Waals surface area contributed by atoms with Crippen molar-refractivity contribution in [1.82, 2.24) is 0 Å². The molecule has 0 heterocycles. The first-order chi connectivity index (χ1) is 10.1. The Bertz CT molecular complexity index is 655. The zero-order valence-corrected chi connectivity index (χ0v) is 13.5. The summed E-state index contributed by atoms with van der Waals surface area (Å²) in [5, 5.41) is 0. The summed E-state index contributed by atoms with van der Waals surface area (Å²) >= 11 is 0. The summed E-state index contributed by atoms with van der Waals surface area (Å²) in [5.74, 6) is 0. The molecule has 21 heavy (non-hydrogen) atoms. The molecule has 0 aromatic heterocycles. The largest absolute Gasteiger partial charge is 0.378 e. The Morgan fingerprint density at radius 2 is 1.33 bits per heavy atom. The molecule has 2 heteroatoms. The van der Waals surface area contributed by atoms with E-state index in [0.29, 0.717) is 0 Å². The highest BCUT2D eigenvalue weighted by atomic mass is 15.1. The highest BCUT2D eigenvalue weighted by molar-refractivity contribution is 5.82. The van der Waals surface area contributed by atoms with E-state index in [2.05, 4.69) is 74.1 Å². The molecule has 0 atom stereocenters. The van der Waals surface area contributed by atoms with Crippen molar-refractivity contribution in [2.45, 2.75) is 20.3 Å². The Hall–Kier alpha value is -1.96. The van der Waals surface area contributed by atoms with Crippen LogP contribution in [0.2, 0.25) is 0 Å². The van der Waals surface area contributed by atoms with Crippen molar-refractivity contribution in [3.63, 3.8) is 0 Å². The number of benzene rings is 2. The predicted octanol–water partition coefficient (Wildman–Crippen LogP) is 4.17. The van der Waals surface area contributed by atoms with Gasteiger partial charge in [-0.2, -0.15) is 0 Å². The topological polar surface area (TPSA) is 6.48 Å². The zero-order chi connectivity index (χ0) is 15.0. The fourth-order valence-electron chi connectivity index (χ4n) is 3.21. The highest BCUT2D eigenvalue weighted by Crippen LogP contribution is 2.40. The average Bonchev–Trinajstić information content (AvgIpc) is 2.85. The maximum atomic E-state index is 2.41. The van der Waals surface area contributed by atoms with Gasteiger partial charge in [0.15, 0.2) is 0 Å². The van der Waals surface area contributed by atoms with Crippen LogP contribution in [0.15, 0.2) is 36.4 Å². The molecule has 0 unspecified atom stereocenters. The normalized spacial score (nSPS) is 12.0. The number of nitrogens with zero attached hydrogens (tertiary/aromatic N) is 2. The lowest BCUT2D eigenvalue weighted by atomic mass is 10.0. The van der Waals surface area contributed by atoms with Gasteiger partial charge in [0.1, 0.15) is 0 Å². The van der Waals surface area contributed by atoms with Gasteiger partial charge in [0, 0.05) is 38.6 Å². The summed E-state index contributed by atoms with van der Waals surface area (Å²) in [6, 6.07) is 13.8. The molecule has 1 aliphatic rings. The zero-order valence-electron chi connectivity index (χ0n) is 13.5. The van der Waals surface area contributed by atoms with Crippen molar-refractivity contribution in [3.8, 4) is 11.1 Å². The summed E-state index contributed by atoms with van der Waals surface area (Å²) in [5.41, 5.74) is 8.34. The molecule has 0 saturated heterocycles. The molecule has 0 spiro atoms. The Labute approximate surface area is 128 Å². The van der Waals surface area contributed by atoms with Gasteiger partial charge in [0.05, 0.1) is 0 Å². The van der Waals surface area contributed by atoms with E-state index in [-0.39, 0.29) is 0 Å². The molecule has 0 aliphatic heterocycles. The number of hydrogen-bond acceptors (Lipinski definition) is 2. The molecular formula is C19H24N2. The van der Waals surface area contributed by atoms with E-state index < -0.39 is 0 Å². The smallest absolute Gasteiger partial charge is 0.0372 e. The molecule has 110 valence electrons. The van der Waals surface area contributed by atoms with E-state index in [9.17, 15) is 0 Å². The van der Waals surface area contributed by atoms with E-state index in [1.54, 1.807) is 0 Å². The van der Waals surface area contributed by atoms with E-state index in [4.69, 9.17) is 0 Å². The predicted molar refractivity (Wildman–Crippen MR) is 92.6 cm³/mol. The molecule has 0 bridgehead atoms. The monoisotopic (exact) mass is 280 g/mol. The molecule has 3 rings (SSSR count). The van der Waals surface area contributed by atoms with Gasteiger partial charge in [-0.25, -0.2) is 0 Å². The lowest BCUT2D eigenvalue weighted by Gasteiger charge is -2.22. The fraction of sp³-hybridized carbons (Fsp3) is 0.368. The van der Waals surface area contributed by atoms with E-state index in [1.165, 1.54) is 33.6 Å². The van der Waals surface area contributed by atoms with Gasteiger partial charge >= 0.3 is 0 Å². The van der Waals surface area contributed by atoms with Crippen LogP contribution in [0.1, 0.15) is 25.0 Å². The first-order valence-electron chi connectivity index (χ1n) is 7.82. The summed E-state index contributed by atoms with van der Waals surface area (Å²) < 4.78 is 0. The van der Waals surface area contributed by atoms with E-state index in [1.807, 2.05) is 0 Å². The summed E-state index contributed by atoms with van der Waals surface area (Å²) in [4.78, 5) is 4.58. The van der Waals surface area contributed by atoms with Gasteiger partial charge < -0.3 is 9.80 Å². The van der Waals surface area contributed by atoms with Crippen molar-refractivity contribution >= 4 is 11.4 Å². The van der Waals surface area contributed by atoms with Crippen LogP contribution in [0.25, 0.3) is 11.1 Å². The lowest BCUT2D eigenvalue weighted by Crippen LogP contribution is -2.21. The Kier molecular flexibility index (Phi) is 3.62. The van der Waals surface area contributed by atoms with Crippen LogP contribution < -0.4 is 9.80 Å². The second kappa shape index (κ2) is 5.44. The van der Waals surface area contributed by atoms with E-state index in [0.717, 1.165) is 19.5 Å². The first kappa shape index (κ1) is 14.0. The molecule has 0 N–H and O–H groups in total. The highest BCUT2D eigenvalue weighted by Gasteiger charge is 2.20. The standard InChI is InChI=1S/C19H24N2/c1-5-21(6-2)17-10-8-15-11-14-7-9-16(20(3)4)12-18(14)19(15)13-17/h7-10,12-13H,5-6,11H2,1-4H3. The minimum Gasteiger partial charge on any atom is -0.378 e. The molecule has 1 aliphatic carbocycles. The van der Waals surface area contributed by atoms with Crippen molar-refractivity contribution in [2.75, 3.05) is 37.0 Å². The van der Waals surface area contributed by atoms with Crippen LogP contribution in [-0.4, -0.2) is 27.2 Å². The Morgan fingerprint density at radius 1 is 0.810 bits per heavy atom. The molecule has 2 nitrogen and oxygen atoms in total. The van der Waals surface area contributed by atoms with Crippen molar-refractivity contribution in [2.24, 2.45) is 0 Å². The second-order valence-corrected chi connectivity index (χ2v) is 5.93. The average molecular weight is 280 g/mol. The molecule has 2 aromatic rings. The quantitative estimate of drug-likeness (QED) is 0.707. The van der Waals surface area contributed by atoms with Crippen LogP contribution in [0.5, 0.6) is 0 Å². The SMILES string of the molecule is CCN(CC)c1ccc2c(c1)-c1cc(N(C)C)ccc1C2. The van der Waals surface area contributed by atoms with Gasteiger partial charge in [-0.15, -0.1) is 0 Å². The van der Waals surface area contributed by atoms with Gasteiger partial charge in [-0.05, 0) is 66.8 Å². The summed E-state index contributed by atoms with van der Waals surface area (Å²) in [7, 11) is 4.20. The third-order valence-electron chi connectivity index (χ3n) is 4.50. The van der Waals surface area contributed by atoms with E-state index >= 15 is 0 Å². The van der Waals surface area contributed by atoms with Crippen LogP contribution >= 0.6 is 0 Å². The number of fused-ring (bicyclic) bond motifs is 3. The molecular weight excluding hydrogens is 256 g/mol. The van der Waals surface area contributed by atoms with Crippen molar-refractivity contribution < 1.29 is 0 Å². The van der Waals surface area contributed by atoms with Crippen LogP contribution in [0, 0.1) is 0 Å². The molecule has 0 saturated carbocycles. The van der Waals surface area contributed by atoms with Crippen LogP contribution in [0.3, 0.4) is 0 Å². The third-order valence-corrected chi connectivity index (χ3v) is 4.50. The maximum Gasteiger partial charge on any atom is 0.0372 e. The second-order valence-electron chi connectivity index (χ2n) is 5.93. The summed E-state index contributed by atoms with van der Waals surface area (Å²) in [6.07, 6.45) is 1.07.